The summed E-state index contributed by atoms with van der Waals surface area (Å²) in [6, 6.07) is 7.71. The Morgan fingerprint density at radius 3 is 2.55 bits per heavy atom. The number of benzene rings is 1. The monoisotopic (exact) mass is 399 g/mol. The lowest BCUT2D eigenvalue weighted by molar-refractivity contribution is -0.246. The predicted octanol–water partition coefficient (Wildman–Crippen LogP) is 2.02. The Morgan fingerprint density at radius 1 is 1.17 bits per heavy atom. The number of aliphatic hydroxyl groups excluding tert-OH is 1. The standard InChI is InChI=1S/C22H29N3O4/c1-21(27)9-12-29-22(20(21)26)7-10-25(11-8-22)15-16-13-23-19(24-14-16)17-5-3-4-6-18(17)28-2/h3-6,13-14,20,26-27H,7-12,15H2,1-2H3/t20-,21+/m0/s1. The zero-order chi connectivity index (χ0) is 20.5. The topological polar surface area (TPSA) is 87.9 Å². The van der Waals surface area contributed by atoms with Crippen LogP contribution in [0.5, 0.6) is 5.75 Å². The summed E-state index contributed by atoms with van der Waals surface area (Å²) < 4.78 is 11.4. The number of aromatic nitrogens is 2. The average molecular weight is 399 g/mol. The van der Waals surface area contributed by atoms with E-state index in [0.717, 1.165) is 36.5 Å². The third kappa shape index (κ3) is 4.00. The molecule has 1 spiro atoms. The minimum Gasteiger partial charge on any atom is -0.496 e. The van der Waals surface area contributed by atoms with Gasteiger partial charge in [-0.25, -0.2) is 9.97 Å². The molecule has 0 aliphatic carbocycles. The van der Waals surface area contributed by atoms with E-state index in [-0.39, 0.29) is 0 Å². The van der Waals surface area contributed by atoms with Gasteiger partial charge in [0.1, 0.15) is 11.9 Å². The van der Waals surface area contributed by atoms with Gasteiger partial charge in [-0.3, -0.25) is 4.90 Å². The molecular weight excluding hydrogens is 370 g/mol. The molecule has 2 aliphatic rings. The molecule has 29 heavy (non-hydrogen) atoms. The number of para-hydroxylation sites is 1. The van der Waals surface area contributed by atoms with Crippen molar-refractivity contribution in [2.75, 3.05) is 26.8 Å². The maximum absolute atomic E-state index is 10.6. The fourth-order valence-corrected chi connectivity index (χ4v) is 4.41. The van der Waals surface area contributed by atoms with Crippen LogP contribution in [0.15, 0.2) is 36.7 Å². The second-order valence-corrected chi connectivity index (χ2v) is 8.31. The Morgan fingerprint density at radius 2 is 1.86 bits per heavy atom. The molecule has 0 saturated carbocycles. The lowest BCUT2D eigenvalue weighted by atomic mass is 9.75. The molecule has 1 aromatic heterocycles. The maximum atomic E-state index is 10.6. The third-order valence-corrected chi connectivity index (χ3v) is 6.25. The van der Waals surface area contributed by atoms with Crippen molar-refractivity contribution >= 4 is 0 Å². The van der Waals surface area contributed by atoms with Gasteiger partial charge in [0.25, 0.3) is 0 Å². The minimum atomic E-state index is -1.08. The molecule has 0 unspecified atom stereocenters. The van der Waals surface area contributed by atoms with Crippen LogP contribution in [0.3, 0.4) is 0 Å². The van der Waals surface area contributed by atoms with E-state index in [1.165, 1.54) is 0 Å². The van der Waals surface area contributed by atoms with E-state index in [0.29, 0.717) is 31.7 Å². The van der Waals surface area contributed by atoms with Crippen molar-refractivity contribution in [3.63, 3.8) is 0 Å². The van der Waals surface area contributed by atoms with Gasteiger partial charge in [-0.1, -0.05) is 12.1 Å². The first-order chi connectivity index (χ1) is 13.9. The van der Waals surface area contributed by atoms with Crippen LogP contribution in [-0.2, 0) is 11.3 Å². The number of aliphatic hydroxyl groups is 2. The summed E-state index contributed by atoms with van der Waals surface area (Å²) in [7, 11) is 1.64. The largest absolute Gasteiger partial charge is 0.496 e. The third-order valence-electron chi connectivity index (χ3n) is 6.25. The van der Waals surface area contributed by atoms with Crippen LogP contribution in [0.1, 0.15) is 31.7 Å². The summed E-state index contributed by atoms with van der Waals surface area (Å²) in [5.74, 6) is 1.40. The van der Waals surface area contributed by atoms with Gasteiger partial charge in [-0.2, -0.15) is 0 Å². The van der Waals surface area contributed by atoms with Crippen LogP contribution in [0.4, 0.5) is 0 Å². The molecule has 4 rings (SSSR count). The zero-order valence-electron chi connectivity index (χ0n) is 17.0. The zero-order valence-corrected chi connectivity index (χ0v) is 17.0. The van der Waals surface area contributed by atoms with E-state index in [2.05, 4.69) is 14.9 Å². The lowest BCUT2D eigenvalue weighted by Crippen LogP contribution is -2.64. The Balaban J connectivity index is 1.39. The Hall–Kier alpha value is -2.06. The molecule has 2 atom stereocenters. The first-order valence-electron chi connectivity index (χ1n) is 10.1. The highest BCUT2D eigenvalue weighted by Gasteiger charge is 2.52. The van der Waals surface area contributed by atoms with Gasteiger partial charge in [-0.15, -0.1) is 0 Å². The van der Waals surface area contributed by atoms with Crippen molar-refractivity contribution < 1.29 is 19.7 Å². The summed E-state index contributed by atoms with van der Waals surface area (Å²) >= 11 is 0. The van der Waals surface area contributed by atoms with Gasteiger partial charge < -0.3 is 19.7 Å². The second-order valence-electron chi connectivity index (χ2n) is 8.31. The number of rotatable bonds is 4. The molecule has 2 fully saturated rings. The number of methoxy groups -OCH3 is 1. The van der Waals surface area contributed by atoms with Gasteiger partial charge >= 0.3 is 0 Å². The minimum absolute atomic E-state index is 0.468. The van der Waals surface area contributed by atoms with Crippen molar-refractivity contribution in [2.24, 2.45) is 0 Å². The van der Waals surface area contributed by atoms with Crippen molar-refractivity contribution in [3.05, 3.63) is 42.2 Å². The molecule has 2 aromatic rings. The molecule has 1 aromatic carbocycles. The molecule has 156 valence electrons. The molecular formula is C22H29N3O4. The van der Waals surface area contributed by atoms with E-state index in [9.17, 15) is 10.2 Å². The van der Waals surface area contributed by atoms with E-state index in [1.54, 1.807) is 14.0 Å². The van der Waals surface area contributed by atoms with Crippen LogP contribution in [0.2, 0.25) is 0 Å². The molecule has 2 saturated heterocycles. The van der Waals surface area contributed by atoms with E-state index < -0.39 is 17.3 Å². The lowest BCUT2D eigenvalue weighted by Gasteiger charge is -2.51. The Bertz CT molecular complexity index is 832. The van der Waals surface area contributed by atoms with Gasteiger partial charge in [0, 0.05) is 44.0 Å². The fourth-order valence-electron chi connectivity index (χ4n) is 4.41. The molecule has 0 bridgehead atoms. The number of ether oxygens (including phenoxy) is 2. The van der Waals surface area contributed by atoms with Crippen molar-refractivity contribution in [2.45, 2.75) is 50.0 Å². The highest BCUT2D eigenvalue weighted by molar-refractivity contribution is 5.63. The van der Waals surface area contributed by atoms with Gasteiger partial charge in [0.05, 0.1) is 30.5 Å². The summed E-state index contributed by atoms with van der Waals surface area (Å²) in [5, 5.41) is 21.1. The Labute approximate surface area is 171 Å². The van der Waals surface area contributed by atoms with Crippen molar-refractivity contribution in [3.8, 4) is 17.1 Å². The molecule has 0 amide bonds. The normalized spacial score (nSPS) is 27.1. The number of nitrogens with zero attached hydrogens (tertiary/aromatic N) is 3. The predicted molar refractivity (Wildman–Crippen MR) is 108 cm³/mol. The smallest absolute Gasteiger partial charge is 0.162 e. The van der Waals surface area contributed by atoms with Gasteiger partial charge in [-0.05, 0) is 31.9 Å². The molecule has 7 nitrogen and oxygen atoms in total. The van der Waals surface area contributed by atoms with Gasteiger partial charge in [0.15, 0.2) is 5.82 Å². The molecule has 2 N–H and O–H groups in total. The number of hydrogen-bond donors (Lipinski definition) is 2. The van der Waals surface area contributed by atoms with Crippen LogP contribution in [0.25, 0.3) is 11.4 Å². The van der Waals surface area contributed by atoms with Crippen LogP contribution < -0.4 is 4.74 Å². The van der Waals surface area contributed by atoms with E-state index >= 15 is 0 Å². The average Bonchev–Trinajstić information content (AvgIpc) is 2.74. The van der Waals surface area contributed by atoms with Gasteiger partial charge in [0.2, 0.25) is 0 Å². The molecule has 3 heterocycles. The second kappa shape index (κ2) is 7.99. The highest BCUT2D eigenvalue weighted by atomic mass is 16.5. The van der Waals surface area contributed by atoms with E-state index in [1.807, 2.05) is 36.7 Å². The number of likely N-dealkylation sites (tertiary alicyclic amines) is 1. The summed E-state index contributed by atoms with van der Waals surface area (Å²) in [6.07, 6.45) is 4.73. The number of hydrogen-bond acceptors (Lipinski definition) is 7. The van der Waals surface area contributed by atoms with Crippen LogP contribution in [-0.4, -0.2) is 69.2 Å². The quantitative estimate of drug-likeness (QED) is 0.813. The number of piperidine rings is 1. The summed E-state index contributed by atoms with van der Waals surface area (Å²) in [6.45, 7) is 4.52. The van der Waals surface area contributed by atoms with Crippen LogP contribution in [0, 0.1) is 0 Å². The maximum Gasteiger partial charge on any atom is 0.162 e. The fraction of sp³-hybridized carbons (Fsp3) is 0.545. The molecule has 7 heteroatoms. The van der Waals surface area contributed by atoms with E-state index in [4.69, 9.17) is 9.47 Å². The van der Waals surface area contributed by atoms with Crippen molar-refractivity contribution in [1.29, 1.82) is 0 Å². The Kier molecular flexibility index (Phi) is 5.57. The van der Waals surface area contributed by atoms with Crippen molar-refractivity contribution in [1.82, 2.24) is 14.9 Å². The molecule has 0 radical (unpaired) electrons. The molecule has 2 aliphatic heterocycles. The SMILES string of the molecule is COc1ccccc1-c1ncc(CN2CCC3(CC2)OCC[C@@](C)(O)[C@@H]3O)cn1. The first kappa shape index (κ1) is 20.2. The summed E-state index contributed by atoms with van der Waals surface area (Å²) in [4.78, 5) is 11.4. The highest BCUT2D eigenvalue weighted by Crippen LogP contribution is 2.40. The van der Waals surface area contributed by atoms with Crippen LogP contribution >= 0.6 is 0 Å². The first-order valence-corrected chi connectivity index (χ1v) is 10.1. The summed E-state index contributed by atoms with van der Waals surface area (Å²) in [5.41, 5.74) is 0.194.